The molecule has 2 rings (SSSR count). The smallest absolute Gasteiger partial charge is 0.410 e. The minimum absolute atomic E-state index is 0.191. The first-order chi connectivity index (χ1) is 10.3. The quantitative estimate of drug-likeness (QED) is 0.926. The van der Waals surface area contributed by atoms with Crippen LogP contribution in [-0.4, -0.2) is 40.7 Å². The molecule has 0 bridgehead atoms. The van der Waals surface area contributed by atoms with Crippen LogP contribution < -0.4 is 5.32 Å². The van der Waals surface area contributed by atoms with Gasteiger partial charge < -0.3 is 15.0 Å². The number of carbonyl (C=O) groups is 1. The Morgan fingerprint density at radius 3 is 2.86 bits per heavy atom. The van der Waals surface area contributed by atoms with Gasteiger partial charge in [-0.1, -0.05) is 0 Å². The van der Waals surface area contributed by atoms with E-state index in [1.807, 2.05) is 31.9 Å². The maximum Gasteiger partial charge on any atom is 0.410 e. The lowest BCUT2D eigenvalue weighted by Gasteiger charge is -2.26. The van der Waals surface area contributed by atoms with Gasteiger partial charge in [-0.2, -0.15) is 0 Å². The van der Waals surface area contributed by atoms with Gasteiger partial charge in [-0.3, -0.25) is 0 Å². The number of hydrogen-bond donors (Lipinski definition) is 1. The van der Waals surface area contributed by atoms with Gasteiger partial charge in [0.05, 0.1) is 0 Å². The molecule has 124 valence electrons. The van der Waals surface area contributed by atoms with Crippen molar-refractivity contribution in [3.8, 4) is 0 Å². The highest BCUT2D eigenvalue weighted by Crippen LogP contribution is 2.17. The van der Waals surface area contributed by atoms with E-state index in [2.05, 4.69) is 17.2 Å². The summed E-state index contributed by atoms with van der Waals surface area (Å²) in [4.78, 5) is 19.6. The zero-order chi connectivity index (χ0) is 16.2. The topological polar surface area (TPSA) is 54.5 Å². The molecule has 1 N–H and O–H groups in total. The van der Waals surface area contributed by atoms with E-state index >= 15 is 0 Å². The molecule has 1 aromatic rings. The summed E-state index contributed by atoms with van der Waals surface area (Å²) in [5.41, 5.74) is -0.427. The largest absolute Gasteiger partial charge is 0.444 e. The predicted octanol–water partition coefficient (Wildman–Crippen LogP) is 3.33. The summed E-state index contributed by atoms with van der Waals surface area (Å²) >= 11 is 1.74. The number of rotatable bonds is 3. The fourth-order valence-electron chi connectivity index (χ4n) is 2.52. The number of likely N-dealkylation sites (tertiary alicyclic amines) is 1. The Morgan fingerprint density at radius 2 is 2.23 bits per heavy atom. The Morgan fingerprint density at radius 1 is 1.45 bits per heavy atom. The summed E-state index contributed by atoms with van der Waals surface area (Å²) in [5.74, 6) is 0. The highest BCUT2D eigenvalue weighted by atomic mass is 32.1. The van der Waals surface area contributed by atoms with Gasteiger partial charge in [0.1, 0.15) is 10.6 Å². The standard InChI is InChI=1S/C16H27N3O2S/c1-12-10-18-14(22-12)11-17-13-6-5-8-19(9-7-13)15(20)21-16(2,3)4/h10,13,17H,5-9,11H2,1-4H3/t13-/m1/s1. The average Bonchev–Trinajstić information content (AvgIpc) is 2.69. The van der Waals surface area contributed by atoms with Crippen LogP contribution in [0.5, 0.6) is 0 Å². The zero-order valence-electron chi connectivity index (χ0n) is 14.0. The van der Waals surface area contributed by atoms with Crippen molar-refractivity contribution >= 4 is 17.4 Å². The molecular weight excluding hydrogens is 298 g/mol. The van der Waals surface area contributed by atoms with Gasteiger partial charge in [0.2, 0.25) is 0 Å². The van der Waals surface area contributed by atoms with Gasteiger partial charge in [0.25, 0.3) is 0 Å². The molecule has 22 heavy (non-hydrogen) atoms. The Labute approximate surface area is 137 Å². The first-order valence-corrected chi connectivity index (χ1v) is 8.78. The number of nitrogens with zero attached hydrogens (tertiary/aromatic N) is 2. The van der Waals surface area contributed by atoms with Crippen molar-refractivity contribution in [3.63, 3.8) is 0 Å². The maximum absolute atomic E-state index is 12.1. The van der Waals surface area contributed by atoms with Crippen molar-refractivity contribution in [1.82, 2.24) is 15.2 Å². The SMILES string of the molecule is Cc1cnc(CN[C@@H]2CCCN(C(=O)OC(C)(C)C)CC2)s1. The molecule has 0 saturated carbocycles. The summed E-state index contributed by atoms with van der Waals surface area (Å²) in [6.07, 6.45) is 4.78. The van der Waals surface area contributed by atoms with Crippen LogP contribution in [0.3, 0.4) is 0 Å². The van der Waals surface area contributed by atoms with Crippen molar-refractivity contribution < 1.29 is 9.53 Å². The third-order valence-corrected chi connectivity index (χ3v) is 4.50. The van der Waals surface area contributed by atoms with Crippen molar-refractivity contribution in [1.29, 1.82) is 0 Å². The molecule has 0 aliphatic carbocycles. The summed E-state index contributed by atoms with van der Waals surface area (Å²) in [6, 6.07) is 0.441. The molecule has 0 spiro atoms. The number of amides is 1. The first-order valence-electron chi connectivity index (χ1n) is 7.96. The summed E-state index contributed by atoms with van der Waals surface area (Å²) in [6.45, 7) is 10.1. The molecule has 0 radical (unpaired) electrons. The monoisotopic (exact) mass is 325 g/mol. The van der Waals surface area contributed by atoms with E-state index in [4.69, 9.17) is 4.74 Å². The summed E-state index contributed by atoms with van der Waals surface area (Å²) < 4.78 is 5.46. The van der Waals surface area contributed by atoms with Gasteiger partial charge >= 0.3 is 6.09 Å². The number of hydrogen-bond acceptors (Lipinski definition) is 5. The second-order valence-electron chi connectivity index (χ2n) is 6.84. The fraction of sp³-hybridized carbons (Fsp3) is 0.750. The van der Waals surface area contributed by atoms with Crippen LogP contribution in [0.2, 0.25) is 0 Å². The van der Waals surface area contributed by atoms with Gasteiger partial charge in [0.15, 0.2) is 0 Å². The van der Waals surface area contributed by atoms with E-state index in [9.17, 15) is 4.79 Å². The number of ether oxygens (including phenoxy) is 1. The number of thiazole rings is 1. The van der Waals surface area contributed by atoms with E-state index in [1.54, 1.807) is 11.3 Å². The number of nitrogens with one attached hydrogen (secondary N) is 1. The van der Waals surface area contributed by atoms with Crippen LogP contribution >= 0.6 is 11.3 Å². The number of aryl methyl sites for hydroxylation is 1. The van der Waals surface area contributed by atoms with Crippen molar-refractivity contribution in [2.45, 2.75) is 65.1 Å². The zero-order valence-corrected chi connectivity index (χ0v) is 14.8. The molecule has 1 saturated heterocycles. The highest BCUT2D eigenvalue weighted by Gasteiger charge is 2.25. The van der Waals surface area contributed by atoms with Crippen LogP contribution in [0.25, 0.3) is 0 Å². The minimum Gasteiger partial charge on any atom is -0.444 e. The van der Waals surface area contributed by atoms with Gasteiger partial charge in [-0.25, -0.2) is 9.78 Å². The lowest BCUT2D eigenvalue weighted by molar-refractivity contribution is 0.0256. The van der Waals surface area contributed by atoms with E-state index in [0.717, 1.165) is 43.9 Å². The van der Waals surface area contributed by atoms with Crippen LogP contribution in [0.4, 0.5) is 4.79 Å². The van der Waals surface area contributed by atoms with Crippen molar-refractivity contribution in [3.05, 3.63) is 16.1 Å². The molecule has 2 heterocycles. The second-order valence-corrected chi connectivity index (χ2v) is 8.16. The molecule has 1 aliphatic heterocycles. The normalized spacial score (nSPS) is 19.8. The first kappa shape index (κ1) is 17.2. The van der Waals surface area contributed by atoms with E-state index < -0.39 is 5.60 Å². The number of aromatic nitrogens is 1. The highest BCUT2D eigenvalue weighted by molar-refractivity contribution is 7.11. The van der Waals surface area contributed by atoms with E-state index in [1.165, 1.54) is 4.88 Å². The maximum atomic E-state index is 12.1. The Hall–Kier alpha value is -1.14. The molecule has 0 unspecified atom stereocenters. The lowest BCUT2D eigenvalue weighted by Crippen LogP contribution is -2.38. The van der Waals surface area contributed by atoms with Gasteiger partial charge in [-0.05, 0) is 47.0 Å². The molecule has 0 aromatic carbocycles. The third kappa shape index (κ3) is 5.57. The fourth-order valence-corrected chi connectivity index (χ4v) is 3.26. The molecule has 1 amide bonds. The third-order valence-electron chi connectivity index (χ3n) is 3.59. The molecular formula is C16H27N3O2S. The Balaban J connectivity index is 1.78. The van der Waals surface area contributed by atoms with Crippen molar-refractivity contribution in [2.24, 2.45) is 0 Å². The molecule has 1 fully saturated rings. The van der Waals surface area contributed by atoms with E-state index in [-0.39, 0.29) is 6.09 Å². The molecule has 6 heteroatoms. The van der Waals surface area contributed by atoms with Gasteiger partial charge in [0, 0.05) is 36.8 Å². The minimum atomic E-state index is -0.427. The molecule has 1 aliphatic rings. The van der Waals surface area contributed by atoms with Crippen molar-refractivity contribution in [2.75, 3.05) is 13.1 Å². The second kappa shape index (κ2) is 7.42. The lowest BCUT2D eigenvalue weighted by atomic mass is 10.1. The van der Waals surface area contributed by atoms with Crippen LogP contribution in [0.1, 0.15) is 49.9 Å². The average molecular weight is 325 g/mol. The molecule has 1 aromatic heterocycles. The molecule has 1 atom stereocenters. The predicted molar refractivity (Wildman–Crippen MR) is 89.1 cm³/mol. The molecule has 5 nitrogen and oxygen atoms in total. The summed E-state index contributed by atoms with van der Waals surface area (Å²) in [5, 5.41) is 4.70. The van der Waals surface area contributed by atoms with Crippen LogP contribution in [0.15, 0.2) is 6.20 Å². The van der Waals surface area contributed by atoms with Gasteiger partial charge in [-0.15, -0.1) is 11.3 Å². The Kier molecular flexibility index (Phi) is 5.81. The van der Waals surface area contributed by atoms with Crippen LogP contribution in [0, 0.1) is 6.92 Å². The summed E-state index contributed by atoms with van der Waals surface area (Å²) in [7, 11) is 0. The Bertz CT molecular complexity index is 496. The van der Waals surface area contributed by atoms with E-state index in [0.29, 0.717) is 6.04 Å². The van der Waals surface area contributed by atoms with Crippen LogP contribution in [-0.2, 0) is 11.3 Å². The number of carbonyl (C=O) groups excluding carboxylic acids is 1.